The summed E-state index contributed by atoms with van der Waals surface area (Å²) in [5, 5.41) is 9.90. The van der Waals surface area contributed by atoms with Gasteiger partial charge in [-0.2, -0.15) is 0 Å². The number of fused-ring (bicyclic) bond motifs is 1. The first-order chi connectivity index (χ1) is 10.6. The third-order valence-corrected chi connectivity index (χ3v) is 3.68. The molecule has 1 amide bonds. The third-order valence-electron chi connectivity index (χ3n) is 3.45. The molecule has 1 N–H and O–H groups in total. The summed E-state index contributed by atoms with van der Waals surface area (Å²) in [7, 11) is 0. The van der Waals surface area contributed by atoms with E-state index >= 15 is 0 Å². The molecule has 6 heteroatoms. The molecule has 2 aromatic carbocycles. The van der Waals surface area contributed by atoms with Crippen LogP contribution < -0.4 is 4.90 Å². The van der Waals surface area contributed by atoms with Crippen LogP contribution in [0.1, 0.15) is 11.1 Å². The molecule has 1 aliphatic rings. The fraction of sp³-hybridized carbons (Fsp3) is 0.125. The van der Waals surface area contributed by atoms with Crippen molar-refractivity contribution in [1.29, 1.82) is 0 Å². The molecule has 1 aliphatic heterocycles. The standard InChI is InChI=1S/C16H12ClFN2O2/c17-10-5-6-14-12(7-10)16(11-3-1-2-4-13(11)18)19-8-15(22)20(14)9-21/h1-7,21H,8-9H2. The van der Waals surface area contributed by atoms with Gasteiger partial charge in [-0.1, -0.05) is 23.7 Å². The molecule has 0 saturated carbocycles. The number of benzodiazepines with no additional fused rings is 1. The summed E-state index contributed by atoms with van der Waals surface area (Å²) in [6.45, 7) is -0.649. The van der Waals surface area contributed by atoms with Crippen LogP contribution in [0.2, 0.25) is 5.02 Å². The lowest BCUT2D eigenvalue weighted by atomic mass is 10.00. The molecule has 2 aromatic rings. The maximum atomic E-state index is 14.1. The Kier molecular flexibility index (Phi) is 3.92. The molecule has 3 rings (SSSR count). The van der Waals surface area contributed by atoms with Crippen LogP contribution >= 0.6 is 11.6 Å². The predicted molar refractivity (Wildman–Crippen MR) is 82.9 cm³/mol. The minimum absolute atomic E-state index is 0.170. The lowest BCUT2D eigenvalue weighted by Crippen LogP contribution is -2.33. The van der Waals surface area contributed by atoms with Gasteiger partial charge in [0.1, 0.15) is 19.1 Å². The largest absolute Gasteiger partial charge is 0.376 e. The fourth-order valence-corrected chi connectivity index (χ4v) is 2.60. The van der Waals surface area contributed by atoms with Gasteiger partial charge < -0.3 is 5.11 Å². The summed E-state index contributed by atoms with van der Waals surface area (Å²) in [5.74, 6) is -0.797. The minimum atomic E-state index is -0.479. The van der Waals surface area contributed by atoms with E-state index in [1.165, 1.54) is 11.0 Å². The number of hydrogen-bond donors (Lipinski definition) is 1. The number of anilines is 1. The van der Waals surface area contributed by atoms with E-state index in [1.807, 2.05) is 0 Å². The van der Waals surface area contributed by atoms with Crippen molar-refractivity contribution in [1.82, 2.24) is 0 Å². The van der Waals surface area contributed by atoms with Gasteiger partial charge in [0.25, 0.3) is 5.91 Å². The van der Waals surface area contributed by atoms with Crippen LogP contribution in [0.15, 0.2) is 47.5 Å². The Morgan fingerprint density at radius 1 is 1.23 bits per heavy atom. The SMILES string of the molecule is O=C1CN=C(c2ccccc2F)c2cc(Cl)ccc2N1CO. The highest BCUT2D eigenvalue weighted by Crippen LogP contribution is 2.29. The third kappa shape index (κ3) is 2.49. The zero-order valence-corrected chi connectivity index (χ0v) is 12.2. The molecule has 0 spiro atoms. The summed E-state index contributed by atoms with van der Waals surface area (Å²) in [5.41, 5.74) is 1.60. The molecule has 0 aliphatic carbocycles. The van der Waals surface area contributed by atoms with Crippen LogP contribution in [0.4, 0.5) is 10.1 Å². The number of amides is 1. The van der Waals surface area contributed by atoms with Crippen molar-refractivity contribution in [3.63, 3.8) is 0 Å². The Hall–Kier alpha value is -2.24. The van der Waals surface area contributed by atoms with Crippen LogP contribution in [-0.4, -0.2) is 30.0 Å². The average Bonchev–Trinajstić information content (AvgIpc) is 2.64. The molecule has 4 nitrogen and oxygen atoms in total. The number of rotatable bonds is 2. The summed E-state index contributed by atoms with van der Waals surface area (Å²) in [6.07, 6.45) is 0. The predicted octanol–water partition coefficient (Wildman–Crippen LogP) is 2.61. The lowest BCUT2D eigenvalue weighted by molar-refractivity contribution is -0.117. The van der Waals surface area contributed by atoms with Gasteiger partial charge in [-0.15, -0.1) is 0 Å². The number of hydrogen-bond acceptors (Lipinski definition) is 3. The molecule has 112 valence electrons. The molecule has 0 saturated heterocycles. The number of aliphatic imine (C=N–C) groups is 1. The van der Waals surface area contributed by atoms with E-state index in [0.717, 1.165) is 0 Å². The molecule has 22 heavy (non-hydrogen) atoms. The number of aliphatic hydroxyl groups excluding tert-OH is 1. The van der Waals surface area contributed by atoms with E-state index in [9.17, 15) is 14.3 Å². The van der Waals surface area contributed by atoms with Crippen LogP contribution in [0, 0.1) is 5.82 Å². The van der Waals surface area contributed by atoms with Crippen LogP contribution in [0.5, 0.6) is 0 Å². The second-order valence-corrected chi connectivity index (χ2v) is 5.21. The molecule has 0 bridgehead atoms. The van der Waals surface area contributed by atoms with Gasteiger partial charge in [0.15, 0.2) is 0 Å². The molecular formula is C16H12ClFN2O2. The smallest absolute Gasteiger partial charge is 0.250 e. The first kappa shape index (κ1) is 14.7. The number of halogens is 2. The van der Waals surface area contributed by atoms with Gasteiger partial charge in [0.05, 0.1) is 11.4 Å². The Morgan fingerprint density at radius 2 is 2.00 bits per heavy atom. The van der Waals surface area contributed by atoms with E-state index in [-0.39, 0.29) is 12.5 Å². The Labute approximate surface area is 131 Å². The van der Waals surface area contributed by atoms with Gasteiger partial charge >= 0.3 is 0 Å². The molecule has 1 heterocycles. The van der Waals surface area contributed by atoms with Crippen LogP contribution in [-0.2, 0) is 4.79 Å². The Bertz CT molecular complexity index is 776. The van der Waals surface area contributed by atoms with Crippen molar-refractivity contribution in [2.45, 2.75) is 0 Å². The van der Waals surface area contributed by atoms with E-state index < -0.39 is 12.5 Å². The van der Waals surface area contributed by atoms with Gasteiger partial charge in [0, 0.05) is 16.1 Å². The van der Waals surface area contributed by atoms with Gasteiger partial charge in [-0.25, -0.2) is 4.39 Å². The average molecular weight is 319 g/mol. The number of carbonyl (C=O) groups excluding carboxylic acids is 1. The minimum Gasteiger partial charge on any atom is -0.376 e. The zero-order valence-electron chi connectivity index (χ0n) is 11.5. The van der Waals surface area contributed by atoms with Crippen molar-refractivity contribution in [3.05, 3.63) is 64.4 Å². The summed E-state index contributed by atoms with van der Waals surface area (Å²) < 4.78 is 14.1. The number of benzene rings is 2. The normalized spacial score (nSPS) is 14.4. The molecule has 0 radical (unpaired) electrons. The number of aliphatic hydroxyl groups is 1. The maximum Gasteiger partial charge on any atom is 0.250 e. The summed E-state index contributed by atoms with van der Waals surface area (Å²) in [6, 6.07) is 11.1. The number of carbonyl (C=O) groups is 1. The highest BCUT2D eigenvalue weighted by Gasteiger charge is 2.25. The first-order valence-electron chi connectivity index (χ1n) is 6.62. The van der Waals surface area contributed by atoms with Gasteiger partial charge in [-0.3, -0.25) is 14.7 Å². The van der Waals surface area contributed by atoms with Crippen molar-refractivity contribution < 1.29 is 14.3 Å². The Balaban J connectivity index is 2.25. The van der Waals surface area contributed by atoms with Gasteiger partial charge in [-0.05, 0) is 30.3 Å². The topological polar surface area (TPSA) is 52.9 Å². The highest BCUT2D eigenvalue weighted by atomic mass is 35.5. The number of nitrogens with zero attached hydrogens (tertiary/aromatic N) is 2. The van der Waals surface area contributed by atoms with Gasteiger partial charge in [0.2, 0.25) is 0 Å². The first-order valence-corrected chi connectivity index (χ1v) is 7.00. The van der Waals surface area contributed by atoms with Crippen molar-refractivity contribution in [2.75, 3.05) is 18.2 Å². The van der Waals surface area contributed by atoms with E-state index in [0.29, 0.717) is 27.5 Å². The van der Waals surface area contributed by atoms with Crippen molar-refractivity contribution in [3.8, 4) is 0 Å². The molecule has 0 atom stereocenters. The molecule has 0 unspecified atom stereocenters. The summed E-state index contributed by atoms with van der Waals surface area (Å²) >= 11 is 6.04. The molecule has 0 aromatic heterocycles. The van der Waals surface area contributed by atoms with E-state index in [1.54, 1.807) is 36.4 Å². The zero-order chi connectivity index (χ0) is 15.7. The second kappa shape index (κ2) is 5.87. The quantitative estimate of drug-likeness (QED) is 0.925. The molecular weight excluding hydrogens is 307 g/mol. The van der Waals surface area contributed by atoms with E-state index in [4.69, 9.17) is 11.6 Å². The fourth-order valence-electron chi connectivity index (χ4n) is 2.42. The second-order valence-electron chi connectivity index (χ2n) is 4.77. The Morgan fingerprint density at radius 3 is 2.73 bits per heavy atom. The highest BCUT2D eigenvalue weighted by molar-refractivity contribution is 6.32. The monoisotopic (exact) mass is 318 g/mol. The van der Waals surface area contributed by atoms with Crippen molar-refractivity contribution >= 4 is 28.9 Å². The summed E-state index contributed by atoms with van der Waals surface area (Å²) in [4.78, 5) is 17.5. The maximum absolute atomic E-state index is 14.1. The molecule has 0 fully saturated rings. The van der Waals surface area contributed by atoms with Crippen LogP contribution in [0.25, 0.3) is 0 Å². The van der Waals surface area contributed by atoms with Crippen molar-refractivity contribution in [2.24, 2.45) is 4.99 Å². The lowest BCUT2D eigenvalue weighted by Gasteiger charge is -2.20. The van der Waals surface area contributed by atoms with Crippen LogP contribution in [0.3, 0.4) is 0 Å². The van der Waals surface area contributed by atoms with E-state index in [2.05, 4.69) is 4.99 Å².